The molecule has 0 unspecified atom stereocenters. The lowest BCUT2D eigenvalue weighted by Crippen LogP contribution is -2.39. The van der Waals surface area contributed by atoms with Crippen LogP contribution in [-0.2, 0) is 9.63 Å². The molecule has 0 aliphatic heterocycles. The topological polar surface area (TPSA) is 58.6 Å². The van der Waals surface area contributed by atoms with E-state index in [1.54, 1.807) is 12.1 Å². The highest BCUT2D eigenvalue weighted by molar-refractivity contribution is 5.83. The molecule has 1 rings (SSSR count). The molecule has 0 saturated carbocycles. The Labute approximate surface area is 114 Å². The second-order valence-corrected chi connectivity index (χ2v) is 5.30. The second kappa shape index (κ2) is 6.50. The molecule has 4 heteroatoms. The molecule has 0 radical (unpaired) electrons. The summed E-state index contributed by atoms with van der Waals surface area (Å²) in [7, 11) is 0. The van der Waals surface area contributed by atoms with Crippen molar-refractivity contribution in [3.63, 3.8) is 0 Å². The predicted molar refractivity (Wildman–Crippen MR) is 74.4 cm³/mol. The van der Waals surface area contributed by atoms with Gasteiger partial charge in [-0.15, -0.1) is 6.58 Å². The van der Waals surface area contributed by atoms with Gasteiger partial charge in [0.1, 0.15) is 0 Å². The molecular formula is C15H21NO3. The van der Waals surface area contributed by atoms with Gasteiger partial charge in [-0.25, -0.2) is 5.48 Å². The van der Waals surface area contributed by atoms with Gasteiger partial charge in [0.15, 0.2) is 0 Å². The van der Waals surface area contributed by atoms with Gasteiger partial charge in [-0.3, -0.25) is 9.63 Å². The van der Waals surface area contributed by atoms with Crippen LogP contribution in [0.2, 0.25) is 0 Å². The smallest absolute Gasteiger partial charge is 0.254 e. The fraction of sp³-hybridized carbons (Fsp3) is 0.400. The standard InChI is InChI=1S/C15H21NO3/c1-5-12(17)13(11-9-7-6-8-10-11)14(18)16-19-15(2,3)4/h5-10,12-13,17H,1H2,2-4H3,(H,16,18)/t12-,13-/m0/s1. The number of aliphatic hydroxyl groups excluding tert-OH is 1. The maximum Gasteiger partial charge on any atom is 0.254 e. The molecule has 0 saturated heterocycles. The molecule has 1 aromatic rings. The van der Waals surface area contributed by atoms with Crippen LogP contribution in [0.3, 0.4) is 0 Å². The van der Waals surface area contributed by atoms with Crippen molar-refractivity contribution >= 4 is 5.91 Å². The van der Waals surface area contributed by atoms with Crippen molar-refractivity contribution in [1.29, 1.82) is 0 Å². The molecule has 19 heavy (non-hydrogen) atoms. The summed E-state index contributed by atoms with van der Waals surface area (Å²) in [5.41, 5.74) is 2.61. The van der Waals surface area contributed by atoms with Gasteiger partial charge < -0.3 is 5.11 Å². The van der Waals surface area contributed by atoms with Gasteiger partial charge in [0.25, 0.3) is 5.91 Å². The van der Waals surface area contributed by atoms with E-state index in [9.17, 15) is 9.90 Å². The second-order valence-electron chi connectivity index (χ2n) is 5.30. The molecule has 104 valence electrons. The van der Waals surface area contributed by atoms with Crippen LogP contribution in [0.25, 0.3) is 0 Å². The summed E-state index contributed by atoms with van der Waals surface area (Å²) in [6, 6.07) is 9.05. The minimum Gasteiger partial charge on any atom is -0.388 e. The third-order valence-corrected chi connectivity index (χ3v) is 2.48. The summed E-state index contributed by atoms with van der Waals surface area (Å²) in [5.74, 6) is -1.13. The van der Waals surface area contributed by atoms with Gasteiger partial charge in [-0.1, -0.05) is 36.4 Å². The third kappa shape index (κ3) is 4.85. The summed E-state index contributed by atoms with van der Waals surface area (Å²) in [5, 5.41) is 9.94. The molecule has 0 aromatic heterocycles. The Hall–Kier alpha value is -1.65. The zero-order valence-electron chi connectivity index (χ0n) is 11.6. The third-order valence-electron chi connectivity index (χ3n) is 2.48. The summed E-state index contributed by atoms with van der Waals surface area (Å²) < 4.78 is 0. The largest absolute Gasteiger partial charge is 0.388 e. The number of amides is 1. The van der Waals surface area contributed by atoms with Crippen LogP contribution >= 0.6 is 0 Å². The molecule has 0 aliphatic rings. The molecule has 1 aromatic carbocycles. The molecule has 2 atom stereocenters. The number of hydrogen-bond donors (Lipinski definition) is 2. The minimum atomic E-state index is -0.967. The fourth-order valence-corrected chi connectivity index (χ4v) is 1.57. The maximum absolute atomic E-state index is 12.1. The van der Waals surface area contributed by atoms with E-state index < -0.39 is 23.5 Å². The Kier molecular flexibility index (Phi) is 5.27. The molecule has 2 N–H and O–H groups in total. The van der Waals surface area contributed by atoms with Crippen molar-refractivity contribution in [2.24, 2.45) is 0 Å². The van der Waals surface area contributed by atoms with E-state index in [0.717, 1.165) is 0 Å². The van der Waals surface area contributed by atoms with Crippen molar-refractivity contribution < 1.29 is 14.7 Å². The first-order valence-electron chi connectivity index (χ1n) is 6.18. The molecular weight excluding hydrogens is 242 g/mol. The highest BCUT2D eigenvalue weighted by Crippen LogP contribution is 2.21. The van der Waals surface area contributed by atoms with Crippen LogP contribution in [0.15, 0.2) is 43.0 Å². The lowest BCUT2D eigenvalue weighted by molar-refractivity contribution is -0.149. The van der Waals surface area contributed by atoms with Gasteiger partial charge >= 0.3 is 0 Å². The van der Waals surface area contributed by atoms with Crippen LogP contribution in [0.5, 0.6) is 0 Å². The van der Waals surface area contributed by atoms with Crippen molar-refractivity contribution in [3.8, 4) is 0 Å². The molecule has 0 fully saturated rings. The number of rotatable bonds is 5. The lowest BCUT2D eigenvalue weighted by Gasteiger charge is -2.24. The van der Waals surface area contributed by atoms with E-state index in [2.05, 4.69) is 12.1 Å². The summed E-state index contributed by atoms with van der Waals surface area (Å²) in [4.78, 5) is 17.4. The van der Waals surface area contributed by atoms with Crippen LogP contribution in [-0.4, -0.2) is 22.7 Å². The first-order chi connectivity index (χ1) is 8.85. The van der Waals surface area contributed by atoms with Gasteiger partial charge in [0, 0.05) is 0 Å². The number of carbonyl (C=O) groups is 1. The Balaban J connectivity index is 2.87. The number of aliphatic hydroxyl groups is 1. The summed E-state index contributed by atoms with van der Waals surface area (Å²) in [6.45, 7) is 9.01. The zero-order chi connectivity index (χ0) is 14.5. The molecule has 0 heterocycles. The van der Waals surface area contributed by atoms with Crippen LogP contribution < -0.4 is 5.48 Å². The molecule has 0 bridgehead atoms. The number of hydroxylamine groups is 1. The average Bonchev–Trinajstić information content (AvgIpc) is 2.37. The summed E-state index contributed by atoms with van der Waals surface area (Å²) in [6.07, 6.45) is 0.375. The first kappa shape index (κ1) is 15.4. The Morgan fingerprint density at radius 2 is 1.95 bits per heavy atom. The van der Waals surface area contributed by atoms with Crippen LogP contribution in [0.1, 0.15) is 32.3 Å². The fourth-order valence-electron chi connectivity index (χ4n) is 1.57. The average molecular weight is 263 g/mol. The Morgan fingerprint density at radius 3 is 2.42 bits per heavy atom. The van der Waals surface area contributed by atoms with Gasteiger partial charge in [-0.2, -0.15) is 0 Å². The molecule has 1 amide bonds. The Bertz CT molecular complexity index is 423. The number of benzene rings is 1. The van der Waals surface area contributed by atoms with E-state index in [1.165, 1.54) is 6.08 Å². The van der Waals surface area contributed by atoms with E-state index in [0.29, 0.717) is 5.56 Å². The number of carbonyl (C=O) groups excluding carboxylic acids is 1. The normalized spacial score (nSPS) is 14.5. The number of nitrogens with one attached hydrogen (secondary N) is 1. The monoisotopic (exact) mass is 263 g/mol. The van der Waals surface area contributed by atoms with Crippen LogP contribution in [0, 0.1) is 0 Å². The van der Waals surface area contributed by atoms with E-state index in [-0.39, 0.29) is 0 Å². The first-order valence-corrected chi connectivity index (χ1v) is 6.18. The quantitative estimate of drug-likeness (QED) is 0.632. The van der Waals surface area contributed by atoms with Gasteiger partial charge in [0.05, 0.1) is 17.6 Å². The summed E-state index contributed by atoms with van der Waals surface area (Å²) >= 11 is 0. The number of hydrogen-bond acceptors (Lipinski definition) is 3. The van der Waals surface area contributed by atoms with Crippen molar-refractivity contribution in [1.82, 2.24) is 5.48 Å². The van der Waals surface area contributed by atoms with Crippen LogP contribution in [0.4, 0.5) is 0 Å². The van der Waals surface area contributed by atoms with Gasteiger partial charge in [0.2, 0.25) is 0 Å². The SMILES string of the molecule is C=C[C@H](O)[C@@H](C(=O)NOC(C)(C)C)c1ccccc1. The maximum atomic E-state index is 12.1. The predicted octanol–water partition coefficient (Wildman–Crippen LogP) is 2.16. The zero-order valence-corrected chi connectivity index (χ0v) is 11.6. The Morgan fingerprint density at radius 1 is 1.37 bits per heavy atom. The lowest BCUT2D eigenvalue weighted by atomic mass is 9.93. The van der Waals surface area contributed by atoms with Crippen molar-refractivity contribution in [2.75, 3.05) is 0 Å². The minimum absolute atomic E-state index is 0.395. The van der Waals surface area contributed by atoms with E-state index >= 15 is 0 Å². The highest BCUT2D eigenvalue weighted by atomic mass is 16.7. The molecule has 0 aliphatic carbocycles. The van der Waals surface area contributed by atoms with E-state index in [1.807, 2.05) is 39.0 Å². The van der Waals surface area contributed by atoms with E-state index in [4.69, 9.17) is 4.84 Å². The van der Waals surface area contributed by atoms with Gasteiger partial charge in [-0.05, 0) is 26.3 Å². The molecule has 4 nitrogen and oxygen atoms in total. The van der Waals surface area contributed by atoms with Crippen molar-refractivity contribution in [3.05, 3.63) is 48.6 Å². The molecule has 0 spiro atoms. The highest BCUT2D eigenvalue weighted by Gasteiger charge is 2.27. The van der Waals surface area contributed by atoms with Crippen molar-refractivity contribution in [2.45, 2.75) is 38.4 Å².